The second-order valence-corrected chi connectivity index (χ2v) is 5.12. The summed E-state index contributed by atoms with van der Waals surface area (Å²) in [6.45, 7) is 0. The maximum atomic E-state index is 12.1. The molecule has 0 saturated carbocycles. The van der Waals surface area contributed by atoms with Gasteiger partial charge in [-0.3, -0.25) is 4.79 Å². The van der Waals surface area contributed by atoms with Gasteiger partial charge in [-0.1, -0.05) is 11.6 Å². The number of hydrogen-bond donors (Lipinski definition) is 2. The maximum Gasteiger partial charge on any atom is 0.257 e. The molecule has 0 aliphatic carbocycles. The summed E-state index contributed by atoms with van der Waals surface area (Å²) in [5.74, 6) is 0.260. The Morgan fingerprint density at radius 1 is 1.45 bits per heavy atom. The van der Waals surface area contributed by atoms with Gasteiger partial charge >= 0.3 is 0 Å². The van der Waals surface area contributed by atoms with Gasteiger partial charge in [-0.2, -0.15) is 0 Å². The van der Waals surface area contributed by atoms with Gasteiger partial charge in [0.05, 0.1) is 29.0 Å². The molecule has 0 spiro atoms. The number of nitrogens with two attached hydrogens (primary N) is 1. The molecule has 0 aliphatic rings. The number of aromatic nitrogens is 1. The van der Waals surface area contributed by atoms with E-state index in [9.17, 15) is 4.79 Å². The van der Waals surface area contributed by atoms with Crippen LogP contribution < -0.4 is 15.8 Å². The number of nitrogens with one attached hydrogen (secondary N) is 1. The number of benzene rings is 1. The van der Waals surface area contributed by atoms with Crippen LogP contribution in [0.15, 0.2) is 34.9 Å². The Balaban J connectivity index is 2.21. The molecule has 0 bridgehead atoms. The number of ether oxygens (including phenoxy) is 1. The Morgan fingerprint density at radius 3 is 2.80 bits per heavy atom. The Labute approximate surface area is 129 Å². The summed E-state index contributed by atoms with van der Waals surface area (Å²) < 4.78 is 5.63. The zero-order valence-electron chi connectivity index (χ0n) is 10.5. The third kappa shape index (κ3) is 3.20. The highest BCUT2D eigenvalue weighted by molar-refractivity contribution is 9.10. The Morgan fingerprint density at radius 2 is 2.20 bits per heavy atom. The molecule has 0 atom stereocenters. The van der Waals surface area contributed by atoms with Crippen LogP contribution in [0.4, 0.5) is 11.4 Å². The highest BCUT2D eigenvalue weighted by Gasteiger charge is 2.11. The predicted molar refractivity (Wildman–Crippen MR) is 82.3 cm³/mol. The lowest BCUT2D eigenvalue weighted by atomic mass is 10.1. The molecule has 1 aromatic carbocycles. The fourth-order valence-corrected chi connectivity index (χ4v) is 2.01. The largest absolute Gasteiger partial charge is 0.497 e. The van der Waals surface area contributed by atoms with E-state index in [0.29, 0.717) is 32.3 Å². The number of carbonyl (C=O) groups excluding carboxylic acids is 1. The smallest absolute Gasteiger partial charge is 0.257 e. The SMILES string of the molecule is COc1ccc(C(=O)Nc2cnc(Cl)c(Br)c2)c(N)c1. The first kappa shape index (κ1) is 14.6. The van der Waals surface area contributed by atoms with Crippen molar-refractivity contribution in [1.82, 2.24) is 4.98 Å². The van der Waals surface area contributed by atoms with Crippen molar-refractivity contribution in [2.75, 3.05) is 18.2 Å². The van der Waals surface area contributed by atoms with Crippen molar-refractivity contribution in [2.24, 2.45) is 0 Å². The van der Waals surface area contributed by atoms with Crippen LogP contribution in [0, 0.1) is 0 Å². The summed E-state index contributed by atoms with van der Waals surface area (Å²) in [7, 11) is 1.53. The number of amides is 1. The highest BCUT2D eigenvalue weighted by atomic mass is 79.9. The van der Waals surface area contributed by atoms with Crippen LogP contribution in [0.2, 0.25) is 5.15 Å². The first-order valence-electron chi connectivity index (χ1n) is 5.57. The van der Waals surface area contributed by atoms with Gasteiger partial charge in [0.25, 0.3) is 5.91 Å². The fraction of sp³-hybridized carbons (Fsp3) is 0.0769. The number of nitrogens with zero attached hydrogens (tertiary/aromatic N) is 1. The van der Waals surface area contributed by atoms with Crippen molar-refractivity contribution in [3.8, 4) is 5.75 Å². The first-order chi connectivity index (χ1) is 9.51. The number of carbonyl (C=O) groups is 1. The molecule has 0 radical (unpaired) electrons. The molecule has 1 heterocycles. The minimum Gasteiger partial charge on any atom is -0.497 e. The van der Waals surface area contributed by atoms with Gasteiger partial charge in [0, 0.05) is 11.8 Å². The second-order valence-electron chi connectivity index (χ2n) is 3.90. The van der Waals surface area contributed by atoms with E-state index >= 15 is 0 Å². The van der Waals surface area contributed by atoms with Crippen LogP contribution in [0.1, 0.15) is 10.4 Å². The molecule has 3 N–H and O–H groups in total. The molecule has 7 heteroatoms. The third-order valence-electron chi connectivity index (χ3n) is 2.56. The van der Waals surface area contributed by atoms with Gasteiger partial charge in [0.2, 0.25) is 0 Å². The molecule has 0 fully saturated rings. The molecule has 104 valence electrons. The summed E-state index contributed by atoms with van der Waals surface area (Å²) >= 11 is 9.03. The van der Waals surface area contributed by atoms with E-state index in [1.54, 1.807) is 24.3 Å². The van der Waals surface area contributed by atoms with Crippen LogP contribution >= 0.6 is 27.5 Å². The van der Waals surface area contributed by atoms with E-state index in [1.807, 2.05) is 0 Å². The van der Waals surface area contributed by atoms with Crippen molar-refractivity contribution < 1.29 is 9.53 Å². The van der Waals surface area contributed by atoms with Gasteiger partial charge in [-0.05, 0) is 34.1 Å². The summed E-state index contributed by atoms with van der Waals surface area (Å²) in [4.78, 5) is 16.1. The number of hydrogen-bond acceptors (Lipinski definition) is 4. The first-order valence-corrected chi connectivity index (χ1v) is 6.74. The van der Waals surface area contributed by atoms with Gasteiger partial charge in [-0.15, -0.1) is 0 Å². The predicted octanol–water partition coefficient (Wildman–Crippen LogP) is 3.34. The van der Waals surface area contributed by atoms with E-state index in [-0.39, 0.29) is 5.91 Å². The number of anilines is 2. The molecular formula is C13H11BrClN3O2. The van der Waals surface area contributed by atoms with Crippen LogP contribution in [0.25, 0.3) is 0 Å². The Bertz CT molecular complexity index is 664. The van der Waals surface area contributed by atoms with E-state index in [1.165, 1.54) is 13.3 Å². The zero-order chi connectivity index (χ0) is 14.7. The Kier molecular flexibility index (Phi) is 4.46. The monoisotopic (exact) mass is 355 g/mol. The average Bonchev–Trinajstić information content (AvgIpc) is 2.42. The van der Waals surface area contributed by atoms with E-state index in [0.717, 1.165) is 0 Å². The zero-order valence-corrected chi connectivity index (χ0v) is 12.8. The minimum atomic E-state index is -0.332. The number of nitrogen functional groups attached to an aromatic ring is 1. The summed E-state index contributed by atoms with van der Waals surface area (Å²) in [5, 5.41) is 3.02. The molecule has 0 saturated heterocycles. The maximum absolute atomic E-state index is 12.1. The number of halogens is 2. The van der Waals surface area contributed by atoms with Crippen LogP contribution in [0.3, 0.4) is 0 Å². The molecule has 0 aliphatic heterocycles. The molecule has 0 unspecified atom stereocenters. The fourth-order valence-electron chi connectivity index (χ4n) is 1.56. The summed E-state index contributed by atoms with van der Waals surface area (Å²) in [5.41, 5.74) is 7.03. The average molecular weight is 357 g/mol. The van der Waals surface area contributed by atoms with Gasteiger partial charge < -0.3 is 15.8 Å². The highest BCUT2D eigenvalue weighted by Crippen LogP contribution is 2.24. The molecular weight excluding hydrogens is 346 g/mol. The molecule has 20 heavy (non-hydrogen) atoms. The number of methoxy groups -OCH3 is 1. The number of pyridine rings is 1. The minimum absolute atomic E-state index is 0.326. The summed E-state index contributed by atoms with van der Waals surface area (Å²) in [6, 6.07) is 6.51. The van der Waals surface area contributed by atoms with Crippen molar-refractivity contribution >= 4 is 44.8 Å². The molecule has 1 amide bonds. The normalized spacial score (nSPS) is 10.2. The third-order valence-corrected chi connectivity index (χ3v) is 3.69. The van der Waals surface area contributed by atoms with Gasteiger partial charge in [0.1, 0.15) is 10.9 Å². The van der Waals surface area contributed by atoms with Crippen LogP contribution in [-0.4, -0.2) is 18.0 Å². The molecule has 1 aromatic heterocycles. The standard InChI is InChI=1S/C13H11BrClN3O2/c1-20-8-2-3-9(11(16)5-8)13(19)18-7-4-10(14)12(15)17-6-7/h2-6H,16H2,1H3,(H,18,19). The van der Waals surface area contributed by atoms with Crippen molar-refractivity contribution in [1.29, 1.82) is 0 Å². The lowest BCUT2D eigenvalue weighted by molar-refractivity contribution is 0.102. The molecule has 5 nitrogen and oxygen atoms in total. The molecule has 2 aromatic rings. The molecule has 2 rings (SSSR count). The lowest BCUT2D eigenvalue weighted by Crippen LogP contribution is -2.14. The quantitative estimate of drug-likeness (QED) is 0.653. The number of rotatable bonds is 3. The van der Waals surface area contributed by atoms with Crippen molar-refractivity contribution in [2.45, 2.75) is 0 Å². The van der Waals surface area contributed by atoms with Crippen molar-refractivity contribution in [3.05, 3.63) is 45.7 Å². The lowest BCUT2D eigenvalue weighted by Gasteiger charge is -2.09. The van der Waals surface area contributed by atoms with Gasteiger partial charge in [-0.25, -0.2) is 4.98 Å². The Hall–Kier alpha value is -1.79. The second kappa shape index (κ2) is 6.11. The topological polar surface area (TPSA) is 77.2 Å². The van der Waals surface area contributed by atoms with E-state index < -0.39 is 0 Å². The van der Waals surface area contributed by atoms with E-state index in [2.05, 4.69) is 26.2 Å². The van der Waals surface area contributed by atoms with E-state index in [4.69, 9.17) is 22.1 Å². The van der Waals surface area contributed by atoms with Crippen LogP contribution in [0.5, 0.6) is 5.75 Å². The summed E-state index contributed by atoms with van der Waals surface area (Å²) in [6.07, 6.45) is 1.46. The van der Waals surface area contributed by atoms with Gasteiger partial charge in [0.15, 0.2) is 0 Å². The van der Waals surface area contributed by atoms with Crippen LogP contribution in [-0.2, 0) is 0 Å². The van der Waals surface area contributed by atoms with Crippen molar-refractivity contribution in [3.63, 3.8) is 0 Å².